The number of carbonyl (C=O) groups excluding carboxylic acids is 2. The molecule has 1 N–H and O–H groups in total. The molecule has 1 fully saturated rings. The van der Waals surface area contributed by atoms with Crippen LogP contribution < -0.4 is 5.32 Å². The zero-order chi connectivity index (χ0) is 18.0. The van der Waals surface area contributed by atoms with Crippen LogP contribution in [0.2, 0.25) is 0 Å². The number of benzene rings is 2. The first kappa shape index (κ1) is 17.1. The van der Waals surface area contributed by atoms with Crippen LogP contribution in [-0.2, 0) is 14.3 Å². The van der Waals surface area contributed by atoms with Crippen molar-refractivity contribution in [3.05, 3.63) is 65.5 Å². The van der Waals surface area contributed by atoms with Crippen molar-refractivity contribution in [2.24, 2.45) is 0 Å². The summed E-state index contributed by atoms with van der Waals surface area (Å²) in [4.78, 5) is 26.3. The fourth-order valence-corrected chi connectivity index (χ4v) is 2.84. The monoisotopic (exact) mass is 342 g/mol. The Balaban J connectivity index is 1.85. The molecule has 1 aliphatic rings. The molecule has 5 nitrogen and oxygen atoms in total. The fraction of sp³-hybridized carbons (Fsp3) is 0.263. The maximum absolute atomic E-state index is 13.0. The number of hydrogen-bond acceptors (Lipinski definition) is 3. The predicted molar refractivity (Wildman–Crippen MR) is 91.5 cm³/mol. The fourth-order valence-electron chi connectivity index (χ4n) is 2.84. The molecule has 0 aromatic heterocycles. The molecule has 0 unspecified atom stereocenters. The van der Waals surface area contributed by atoms with Crippen LogP contribution in [-0.4, -0.2) is 36.5 Å². The largest absolute Gasteiger partial charge is 0.356 e. The first-order chi connectivity index (χ1) is 12.0. The Morgan fingerprint density at radius 3 is 2.44 bits per heavy atom. The highest BCUT2D eigenvalue weighted by atomic mass is 19.1. The molecule has 1 heterocycles. The van der Waals surface area contributed by atoms with Crippen LogP contribution in [0.4, 0.5) is 10.1 Å². The summed E-state index contributed by atoms with van der Waals surface area (Å²) in [6.45, 7) is 1.81. The van der Waals surface area contributed by atoms with E-state index in [0.29, 0.717) is 5.69 Å². The first-order valence-electron chi connectivity index (χ1n) is 7.96. The minimum atomic E-state index is -0.851. The summed E-state index contributed by atoms with van der Waals surface area (Å²) < 4.78 is 18.5. The van der Waals surface area contributed by atoms with Crippen LogP contribution in [0, 0.1) is 12.7 Å². The molecule has 1 saturated heterocycles. The van der Waals surface area contributed by atoms with Crippen molar-refractivity contribution in [1.82, 2.24) is 4.90 Å². The van der Waals surface area contributed by atoms with E-state index < -0.39 is 12.1 Å². The quantitative estimate of drug-likeness (QED) is 0.933. The number of amides is 2. The van der Waals surface area contributed by atoms with Crippen LogP contribution in [0.5, 0.6) is 0 Å². The van der Waals surface area contributed by atoms with Gasteiger partial charge in [-0.15, -0.1) is 0 Å². The Hall–Kier alpha value is -2.73. The maximum atomic E-state index is 13.0. The van der Waals surface area contributed by atoms with Gasteiger partial charge in [0.15, 0.2) is 6.10 Å². The van der Waals surface area contributed by atoms with Crippen molar-refractivity contribution in [1.29, 1.82) is 0 Å². The lowest BCUT2D eigenvalue weighted by molar-refractivity contribution is -0.160. The molecule has 0 bridgehead atoms. The van der Waals surface area contributed by atoms with Gasteiger partial charge in [-0.25, -0.2) is 4.39 Å². The molecular weight excluding hydrogens is 323 g/mol. The van der Waals surface area contributed by atoms with Gasteiger partial charge in [0.2, 0.25) is 5.91 Å². The van der Waals surface area contributed by atoms with E-state index >= 15 is 0 Å². The molecule has 130 valence electrons. The molecule has 2 aromatic carbocycles. The summed E-state index contributed by atoms with van der Waals surface area (Å²) in [7, 11) is 1.66. The van der Waals surface area contributed by atoms with Gasteiger partial charge in [-0.2, -0.15) is 0 Å². The average Bonchev–Trinajstić information content (AvgIpc) is 2.60. The Labute approximate surface area is 145 Å². The molecule has 0 spiro atoms. The molecule has 0 radical (unpaired) electrons. The highest BCUT2D eigenvalue weighted by Gasteiger charge is 2.40. The van der Waals surface area contributed by atoms with E-state index in [9.17, 15) is 14.0 Å². The zero-order valence-corrected chi connectivity index (χ0v) is 14.0. The number of rotatable bonds is 3. The lowest BCUT2D eigenvalue weighted by atomic mass is 9.96. The van der Waals surface area contributed by atoms with Crippen LogP contribution in [0.15, 0.2) is 48.5 Å². The molecule has 0 saturated carbocycles. The summed E-state index contributed by atoms with van der Waals surface area (Å²) in [5, 5.41) is 2.72. The highest BCUT2D eigenvalue weighted by Crippen LogP contribution is 2.30. The normalized spacial score (nSPS) is 20.4. The predicted octanol–water partition coefficient (Wildman–Crippen LogP) is 2.67. The number of nitrogens with zero attached hydrogens (tertiary/aromatic N) is 1. The second-order valence-corrected chi connectivity index (χ2v) is 6.09. The highest BCUT2D eigenvalue weighted by molar-refractivity contribution is 5.96. The Bertz CT molecular complexity index is 774. The van der Waals surface area contributed by atoms with E-state index in [0.717, 1.165) is 11.1 Å². The van der Waals surface area contributed by atoms with E-state index in [2.05, 4.69) is 5.32 Å². The lowest BCUT2D eigenvalue weighted by Crippen LogP contribution is -2.51. The van der Waals surface area contributed by atoms with E-state index in [-0.39, 0.29) is 24.2 Å². The van der Waals surface area contributed by atoms with Crippen molar-refractivity contribution < 1.29 is 18.7 Å². The van der Waals surface area contributed by atoms with Gasteiger partial charge in [-0.1, -0.05) is 29.8 Å². The summed E-state index contributed by atoms with van der Waals surface area (Å²) in [6.07, 6.45) is -0.851. The molecule has 6 heteroatoms. The third kappa shape index (κ3) is 3.69. The number of hydrogen-bond donors (Lipinski definition) is 1. The van der Waals surface area contributed by atoms with Gasteiger partial charge < -0.3 is 15.0 Å². The molecular formula is C19H19FN2O3. The number of ether oxygens (including phenoxy) is 1. The third-order valence-electron chi connectivity index (χ3n) is 4.27. The van der Waals surface area contributed by atoms with Gasteiger partial charge in [0.25, 0.3) is 5.91 Å². The number of likely N-dealkylation sites (N-methyl/N-ethyl adjacent to an activating group) is 1. The smallest absolute Gasteiger partial charge is 0.256 e. The molecule has 25 heavy (non-hydrogen) atoms. The topological polar surface area (TPSA) is 58.6 Å². The summed E-state index contributed by atoms with van der Waals surface area (Å²) in [5.41, 5.74) is 2.37. The van der Waals surface area contributed by atoms with Crippen molar-refractivity contribution in [2.75, 3.05) is 19.0 Å². The van der Waals surface area contributed by atoms with Crippen molar-refractivity contribution >= 4 is 17.5 Å². The van der Waals surface area contributed by atoms with Crippen LogP contribution in [0.3, 0.4) is 0 Å². The van der Waals surface area contributed by atoms with Gasteiger partial charge in [-0.3, -0.25) is 9.59 Å². The average molecular weight is 342 g/mol. The van der Waals surface area contributed by atoms with Gasteiger partial charge in [0, 0.05) is 12.7 Å². The maximum Gasteiger partial charge on any atom is 0.256 e. The van der Waals surface area contributed by atoms with E-state index in [1.807, 2.05) is 31.2 Å². The Morgan fingerprint density at radius 1 is 1.16 bits per heavy atom. The number of morpholine rings is 1. The second-order valence-electron chi connectivity index (χ2n) is 6.09. The summed E-state index contributed by atoms with van der Waals surface area (Å²) in [5.74, 6) is -0.942. The van der Waals surface area contributed by atoms with E-state index in [1.54, 1.807) is 7.05 Å². The molecule has 1 aliphatic heterocycles. The SMILES string of the molecule is Cc1ccc([C@H]2[C@@H](C(=O)Nc3ccc(F)cc3)OCC(=O)N2C)cc1. The molecule has 2 atom stereocenters. The second kappa shape index (κ2) is 7.03. The number of carbonyl (C=O) groups is 2. The van der Waals surface area contributed by atoms with Gasteiger partial charge in [0.1, 0.15) is 12.4 Å². The number of aryl methyl sites for hydroxylation is 1. The van der Waals surface area contributed by atoms with Crippen LogP contribution in [0.25, 0.3) is 0 Å². The summed E-state index contributed by atoms with van der Waals surface area (Å²) >= 11 is 0. The van der Waals surface area contributed by atoms with Gasteiger partial charge in [-0.05, 0) is 36.8 Å². The van der Waals surface area contributed by atoms with Crippen LogP contribution >= 0.6 is 0 Å². The molecule has 2 amide bonds. The van der Waals surface area contributed by atoms with Crippen molar-refractivity contribution in [3.63, 3.8) is 0 Å². The van der Waals surface area contributed by atoms with E-state index in [4.69, 9.17) is 4.74 Å². The van der Waals surface area contributed by atoms with Crippen molar-refractivity contribution in [3.8, 4) is 0 Å². The van der Waals surface area contributed by atoms with Crippen LogP contribution in [0.1, 0.15) is 17.2 Å². The number of anilines is 1. The minimum absolute atomic E-state index is 0.152. The van der Waals surface area contributed by atoms with Gasteiger partial charge >= 0.3 is 0 Å². The Kier molecular flexibility index (Phi) is 4.81. The first-order valence-corrected chi connectivity index (χ1v) is 7.96. The molecule has 3 rings (SSSR count). The summed E-state index contributed by atoms with van der Waals surface area (Å²) in [6, 6.07) is 12.6. The van der Waals surface area contributed by atoms with Gasteiger partial charge in [0.05, 0.1) is 6.04 Å². The lowest BCUT2D eigenvalue weighted by Gasteiger charge is -2.38. The Morgan fingerprint density at radius 2 is 1.80 bits per heavy atom. The van der Waals surface area contributed by atoms with E-state index in [1.165, 1.54) is 29.2 Å². The molecule has 0 aliphatic carbocycles. The number of halogens is 1. The third-order valence-corrected chi connectivity index (χ3v) is 4.27. The number of nitrogens with one attached hydrogen (secondary N) is 1. The molecule has 2 aromatic rings. The standard InChI is InChI=1S/C19H19FN2O3/c1-12-3-5-13(6-4-12)17-18(25-11-16(23)22(17)2)19(24)21-15-9-7-14(20)8-10-15/h3-10,17-18H,11H2,1-2H3,(H,21,24)/t17-,18-/m0/s1. The van der Waals surface area contributed by atoms with Crippen molar-refractivity contribution in [2.45, 2.75) is 19.1 Å². The zero-order valence-electron chi connectivity index (χ0n) is 14.0. The minimum Gasteiger partial charge on any atom is -0.356 e.